The number of ether oxygens (including phenoxy) is 1. The van der Waals surface area contributed by atoms with Gasteiger partial charge in [0.05, 0.1) is 25.4 Å². The molecule has 0 radical (unpaired) electrons. The molecule has 0 heterocycles. The van der Waals surface area contributed by atoms with Crippen LogP contribution >= 0.6 is 0 Å². The largest absolute Gasteiger partial charge is 0.466 e. The van der Waals surface area contributed by atoms with Crippen molar-refractivity contribution in [1.82, 2.24) is 5.32 Å². The number of amides is 1. The second kappa shape index (κ2) is 52.0. The Balaban J connectivity index is 3.41. The SMILES string of the molecule is CCCC/C=C\C/C=C\CCCCCCCC(=O)OCCCCCCCCCCCCCCCCCCCCC(=O)NC(CO)C(O)CCCCCCCCCCCCCCC. The monoisotopic (exact) mass is 874 g/mol. The van der Waals surface area contributed by atoms with E-state index in [1.807, 2.05) is 0 Å². The Kier molecular flexibility index (Phi) is 50.6. The molecule has 0 fully saturated rings. The quantitative estimate of drug-likeness (QED) is 0.0321. The number of allylic oxidation sites excluding steroid dienone is 4. The molecule has 2 unspecified atom stereocenters. The normalized spacial score (nSPS) is 12.8. The van der Waals surface area contributed by atoms with E-state index in [1.165, 1.54) is 212 Å². The van der Waals surface area contributed by atoms with Crippen LogP contribution in [-0.4, -0.2) is 47.4 Å². The molecule has 6 nitrogen and oxygen atoms in total. The third-order valence-corrected chi connectivity index (χ3v) is 12.8. The molecule has 366 valence electrons. The lowest BCUT2D eigenvalue weighted by Gasteiger charge is -2.22. The van der Waals surface area contributed by atoms with Gasteiger partial charge in [-0.2, -0.15) is 0 Å². The second-order valence-corrected chi connectivity index (χ2v) is 18.9. The van der Waals surface area contributed by atoms with Crippen molar-refractivity contribution in [3.63, 3.8) is 0 Å². The summed E-state index contributed by atoms with van der Waals surface area (Å²) in [7, 11) is 0. The molecule has 0 aromatic heterocycles. The fourth-order valence-corrected chi connectivity index (χ4v) is 8.48. The van der Waals surface area contributed by atoms with Crippen molar-refractivity contribution in [1.29, 1.82) is 0 Å². The first-order valence-electron chi connectivity index (χ1n) is 27.6. The molecule has 0 aliphatic heterocycles. The summed E-state index contributed by atoms with van der Waals surface area (Å²) in [5.41, 5.74) is 0. The van der Waals surface area contributed by atoms with Crippen molar-refractivity contribution in [2.24, 2.45) is 0 Å². The zero-order valence-corrected chi connectivity index (χ0v) is 41.6. The van der Waals surface area contributed by atoms with Gasteiger partial charge in [-0.05, 0) is 51.4 Å². The third-order valence-electron chi connectivity index (χ3n) is 12.8. The molecular weight excluding hydrogens is 767 g/mol. The molecule has 0 bridgehead atoms. The fraction of sp³-hybridized carbons (Fsp3) is 0.893. The van der Waals surface area contributed by atoms with Gasteiger partial charge in [-0.25, -0.2) is 0 Å². The molecule has 0 spiro atoms. The first-order chi connectivity index (χ1) is 30.5. The van der Waals surface area contributed by atoms with Crippen LogP contribution in [0.25, 0.3) is 0 Å². The smallest absolute Gasteiger partial charge is 0.305 e. The van der Waals surface area contributed by atoms with Crippen LogP contribution in [0.5, 0.6) is 0 Å². The van der Waals surface area contributed by atoms with Crippen LogP contribution in [0.4, 0.5) is 0 Å². The molecule has 6 heteroatoms. The Labute approximate surface area is 386 Å². The third kappa shape index (κ3) is 47.8. The minimum absolute atomic E-state index is 0.00730. The van der Waals surface area contributed by atoms with Crippen molar-refractivity contribution in [2.75, 3.05) is 13.2 Å². The van der Waals surface area contributed by atoms with Gasteiger partial charge in [0.15, 0.2) is 0 Å². The zero-order valence-electron chi connectivity index (χ0n) is 41.6. The van der Waals surface area contributed by atoms with E-state index < -0.39 is 12.1 Å². The second-order valence-electron chi connectivity index (χ2n) is 18.9. The summed E-state index contributed by atoms with van der Waals surface area (Å²) in [5.74, 6) is -0.0463. The van der Waals surface area contributed by atoms with E-state index in [4.69, 9.17) is 4.74 Å². The maximum Gasteiger partial charge on any atom is 0.305 e. The summed E-state index contributed by atoms with van der Waals surface area (Å²) >= 11 is 0. The maximum atomic E-state index is 12.4. The lowest BCUT2D eigenvalue weighted by atomic mass is 10.0. The summed E-state index contributed by atoms with van der Waals surface area (Å²) in [5, 5.41) is 23.2. The van der Waals surface area contributed by atoms with E-state index in [2.05, 4.69) is 43.5 Å². The molecule has 0 aromatic rings. The Hall–Kier alpha value is -1.66. The number of carbonyl (C=O) groups is 2. The Bertz CT molecular complexity index is 966. The van der Waals surface area contributed by atoms with Gasteiger partial charge in [0.1, 0.15) is 0 Å². The number of esters is 1. The van der Waals surface area contributed by atoms with Crippen LogP contribution in [-0.2, 0) is 14.3 Å². The Morgan fingerprint density at radius 2 is 0.823 bits per heavy atom. The zero-order chi connectivity index (χ0) is 45.1. The van der Waals surface area contributed by atoms with Gasteiger partial charge in [0.25, 0.3) is 0 Å². The van der Waals surface area contributed by atoms with Crippen LogP contribution in [0.1, 0.15) is 296 Å². The van der Waals surface area contributed by atoms with E-state index in [0.29, 0.717) is 25.9 Å². The van der Waals surface area contributed by atoms with Crippen LogP contribution in [0, 0.1) is 0 Å². The Morgan fingerprint density at radius 3 is 1.27 bits per heavy atom. The minimum atomic E-state index is -0.666. The molecular formula is C56H107NO5. The van der Waals surface area contributed by atoms with Gasteiger partial charge in [-0.15, -0.1) is 0 Å². The molecule has 0 aliphatic rings. The van der Waals surface area contributed by atoms with Crippen molar-refractivity contribution in [3.05, 3.63) is 24.3 Å². The van der Waals surface area contributed by atoms with E-state index in [1.54, 1.807) is 0 Å². The predicted molar refractivity (Wildman–Crippen MR) is 269 cm³/mol. The van der Waals surface area contributed by atoms with Crippen LogP contribution in [0.2, 0.25) is 0 Å². The first-order valence-corrected chi connectivity index (χ1v) is 27.6. The minimum Gasteiger partial charge on any atom is -0.466 e. The molecule has 0 aliphatic carbocycles. The summed E-state index contributed by atoms with van der Waals surface area (Å²) in [6.07, 6.45) is 61.5. The summed E-state index contributed by atoms with van der Waals surface area (Å²) < 4.78 is 5.46. The van der Waals surface area contributed by atoms with Crippen molar-refractivity contribution < 1.29 is 24.5 Å². The number of carbonyl (C=O) groups excluding carboxylic acids is 2. The molecule has 0 aromatic carbocycles. The number of unbranched alkanes of at least 4 members (excludes halogenated alkanes) is 36. The molecule has 0 saturated carbocycles. The number of rotatable bonds is 51. The lowest BCUT2D eigenvalue weighted by Crippen LogP contribution is -2.45. The summed E-state index contributed by atoms with van der Waals surface area (Å²) in [6.45, 7) is 4.90. The average molecular weight is 874 g/mol. The molecule has 1 amide bonds. The van der Waals surface area contributed by atoms with E-state index in [9.17, 15) is 19.8 Å². The standard InChI is InChI=1S/C56H107NO5/c1-3-5-7-9-11-13-15-17-26-30-34-38-42-46-50-56(61)62-51-47-43-39-35-31-27-23-21-19-18-20-22-25-29-33-37-41-45-49-55(60)57-53(52-58)54(59)48-44-40-36-32-28-24-16-14-12-10-8-6-4-2/h9,11,15,17,53-54,58-59H,3-8,10,12-14,16,18-52H2,1-2H3,(H,57,60)/b11-9-,17-15-. The lowest BCUT2D eigenvalue weighted by molar-refractivity contribution is -0.143. The van der Waals surface area contributed by atoms with Crippen molar-refractivity contribution >= 4 is 11.9 Å². The number of hydrogen-bond acceptors (Lipinski definition) is 5. The maximum absolute atomic E-state index is 12.4. The molecule has 2 atom stereocenters. The van der Waals surface area contributed by atoms with Gasteiger partial charge < -0.3 is 20.3 Å². The van der Waals surface area contributed by atoms with Crippen molar-refractivity contribution in [2.45, 2.75) is 309 Å². The molecule has 0 rings (SSSR count). The molecule has 0 saturated heterocycles. The van der Waals surface area contributed by atoms with Crippen LogP contribution in [0.3, 0.4) is 0 Å². The highest BCUT2D eigenvalue weighted by Crippen LogP contribution is 2.17. The van der Waals surface area contributed by atoms with Crippen LogP contribution < -0.4 is 5.32 Å². The van der Waals surface area contributed by atoms with E-state index >= 15 is 0 Å². The van der Waals surface area contributed by atoms with Gasteiger partial charge in [-0.1, -0.05) is 256 Å². The van der Waals surface area contributed by atoms with Gasteiger partial charge in [0.2, 0.25) is 5.91 Å². The van der Waals surface area contributed by atoms with Gasteiger partial charge in [0, 0.05) is 12.8 Å². The van der Waals surface area contributed by atoms with Gasteiger partial charge >= 0.3 is 5.97 Å². The van der Waals surface area contributed by atoms with Crippen molar-refractivity contribution in [3.8, 4) is 0 Å². The number of aliphatic hydroxyl groups excluding tert-OH is 2. The topological polar surface area (TPSA) is 95.9 Å². The highest BCUT2D eigenvalue weighted by Gasteiger charge is 2.20. The highest BCUT2D eigenvalue weighted by atomic mass is 16.5. The van der Waals surface area contributed by atoms with Crippen LogP contribution in [0.15, 0.2) is 24.3 Å². The average Bonchev–Trinajstić information content (AvgIpc) is 3.27. The number of hydrogen-bond donors (Lipinski definition) is 3. The number of aliphatic hydroxyl groups is 2. The summed E-state index contributed by atoms with van der Waals surface area (Å²) in [6, 6.07) is -0.544. The Morgan fingerprint density at radius 1 is 0.452 bits per heavy atom. The molecule has 62 heavy (non-hydrogen) atoms. The first kappa shape index (κ1) is 60.3. The molecule has 3 N–H and O–H groups in total. The van der Waals surface area contributed by atoms with E-state index in [-0.39, 0.29) is 18.5 Å². The van der Waals surface area contributed by atoms with E-state index in [0.717, 1.165) is 51.4 Å². The summed E-state index contributed by atoms with van der Waals surface area (Å²) in [4.78, 5) is 24.5. The highest BCUT2D eigenvalue weighted by molar-refractivity contribution is 5.76. The fourth-order valence-electron chi connectivity index (χ4n) is 8.48. The number of nitrogens with one attached hydrogen (secondary N) is 1. The van der Waals surface area contributed by atoms with Gasteiger partial charge in [-0.3, -0.25) is 9.59 Å². The predicted octanol–water partition coefficient (Wildman–Crippen LogP) is 16.7.